The van der Waals surface area contributed by atoms with Gasteiger partial charge in [0.1, 0.15) is 17.4 Å². The molecule has 1 atom stereocenters. The first-order valence-corrected chi connectivity index (χ1v) is 13.8. The number of sulfonamides is 1. The Morgan fingerprint density at radius 3 is 2.23 bits per heavy atom. The van der Waals surface area contributed by atoms with E-state index in [1.165, 1.54) is 19.3 Å². The van der Waals surface area contributed by atoms with Crippen LogP contribution in [0.15, 0.2) is 53.4 Å². The van der Waals surface area contributed by atoms with Crippen molar-refractivity contribution in [3.05, 3.63) is 54.4 Å². The average molecular weight is 496 g/mol. The van der Waals surface area contributed by atoms with Crippen LogP contribution in [0.25, 0.3) is 10.9 Å². The lowest BCUT2D eigenvalue weighted by Crippen LogP contribution is -2.49. The predicted octanol–water partition coefficient (Wildman–Crippen LogP) is 3.70. The zero-order chi connectivity index (χ0) is 24.4. The Labute approximate surface area is 207 Å². The summed E-state index contributed by atoms with van der Waals surface area (Å²) in [6.45, 7) is 6.30. The van der Waals surface area contributed by atoms with Crippen LogP contribution in [0.3, 0.4) is 0 Å². The summed E-state index contributed by atoms with van der Waals surface area (Å²) in [5, 5.41) is 1.10. The molecule has 0 saturated carbocycles. The lowest BCUT2D eigenvalue weighted by atomic mass is 10.1. The van der Waals surface area contributed by atoms with Crippen molar-refractivity contribution < 1.29 is 13.2 Å². The van der Waals surface area contributed by atoms with Crippen molar-refractivity contribution in [3.63, 3.8) is 0 Å². The number of rotatable bonds is 6. The summed E-state index contributed by atoms with van der Waals surface area (Å²) in [6, 6.07) is 14.8. The van der Waals surface area contributed by atoms with E-state index in [0.717, 1.165) is 35.6 Å². The quantitative estimate of drug-likeness (QED) is 0.516. The number of nitrogens with zero attached hydrogens (tertiary/aromatic N) is 5. The van der Waals surface area contributed by atoms with Crippen molar-refractivity contribution in [1.29, 1.82) is 0 Å². The molecule has 2 saturated heterocycles. The monoisotopic (exact) mass is 495 g/mol. The van der Waals surface area contributed by atoms with Gasteiger partial charge in [0.2, 0.25) is 10.0 Å². The van der Waals surface area contributed by atoms with Gasteiger partial charge in [-0.25, -0.2) is 18.4 Å². The Kier molecular flexibility index (Phi) is 6.91. The van der Waals surface area contributed by atoms with Gasteiger partial charge >= 0.3 is 0 Å². The number of aromatic nitrogens is 2. The molecular formula is C26H33N5O3S. The topological polar surface area (TPSA) is 78.9 Å². The number of fused-ring (bicyclic) bond motifs is 1. The molecule has 0 radical (unpaired) electrons. The van der Waals surface area contributed by atoms with E-state index in [-0.39, 0.29) is 6.04 Å². The largest absolute Gasteiger partial charge is 0.497 e. The molecule has 0 spiro atoms. The molecule has 0 bridgehead atoms. The van der Waals surface area contributed by atoms with Crippen molar-refractivity contribution in [2.24, 2.45) is 0 Å². The van der Waals surface area contributed by atoms with Crippen LogP contribution in [0.2, 0.25) is 0 Å². The van der Waals surface area contributed by atoms with Crippen LogP contribution in [-0.2, 0) is 10.0 Å². The maximum absolute atomic E-state index is 13.1. The fourth-order valence-corrected chi connectivity index (χ4v) is 6.42. The maximum Gasteiger partial charge on any atom is 0.243 e. The number of piperidine rings is 1. The van der Waals surface area contributed by atoms with E-state index in [4.69, 9.17) is 14.7 Å². The summed E-state index contributed by atoms with van der Waals surface area (Å²) in [6.07, 6.45) is 3.65. The van der Waals surface area contributed by atoms with Gasteiger partial charge in [-0.05, 0) is 62.6 Å². The Bertz CT molecular complexity index is 1270. The van der Waals surface area contributed by atoms with E-state index < -0.39 is 10.0 Å². The normalized spacial score (nSPS) is 19.1. The van der Waals surface area contributed by atoms with Crippen molar-refractivity contribution in [3.8, 4) is 5.75 Å². The van der Waals surface area contributed by atoms with E-state index in [1.807, 2.05) is 12.1 Å². The molecule has 186 valence electrons. The molecule has 3 aromatic rings. The van der Waals surface area contributed by atoms with Gasteiger partial charge in [-0.15, -0.1) is 0 Å². The highest BCUT2D eigenvalue weighted by molar-refractivity contribution is 7.89. The molecule has 0 N–H and O–H groups in total. The molecule has 2 aliphatic rings. The first-order valence-electron chi connectivity index (χ1n) is 12.4. The minimum absolute atomic E-state index is 0.00557. The van der Waals surface area contributed by atoms with Crippen LogP contribution in [0, 0.1) is 0 Å². The smallest absolute Gasteiger partial charge is 0.243 e. The summed E-state index contributed by atoms with van der Waals surface area (Å²) in [4.78, 5) is 14.9. The van der Waals surface area contributed by atoms with Crippen LogP contribution in [-0.4, -0.2) is 74.0 Å². The number of benzene rings is 2. The highest BCUT2D eigenvalue weighted by atomic mass is 32.2. The number of ether oxygens (including phenoxy) is 1. The van der Waals surface area contributed by atoms with Gasteiger partial charge in [-0.3, -0.25) is 4.90 Å². The summed E-state index contributed by atoms with van der Waals surface area (Å²) < 4.78 is 33.0. The van der Waals surface area contributed by atoms with Crippen molar-refractivity contribution >= 4 is 26.7 Å². The molecular weight excluding hydrogens is 462 g/mol. The first-order chi connectivity index (χ1) is 17.0. The van der Waals surface area contributed by atoms with Crippen LogP contribution in [0.1, 0.15) is 38.1 Å². The highest BCUT2D eigenvalue weighted by Gasteiger charge is 2.31. The van der Waals surface area contributed by atoms with E-state index >= 15 is 0 Å². The van der Waals surface area contributed by atoms with Crippen LogP contribution >= 0.6 is 0 Å². The van der Waals surface area contributed by atoms with Gasteiger partial charge in [0.25, 0.3) is 0 Å². The number of methoxy groups -OCH3 is 1. The number of anilines is 1. The second kappa shape index (κ2) is 10.1. The van der Waals surface area contributed by atoms with E-state index in [9.17, 15) is 8.42 Å². The molecule has 8 nitrogen and oxygen atoms in total. The van der Waals surface area contributed by atoms with Gasteiger partial charge in [0.15, 0.2) is 0 Å². The molecule has 3 heterocycles. The molecule has 0 amide bonds. The fraction of sp³-hybridized carbons (Fsp3) is 0.462. The standard InChI is InChI=1S/C26H33N5O3S/c1-20(25-27-24-9-5-4-8-23(24)26(28-25)30-14-6-3-7-15-30)29-16-18-31(19-17-29)35(32,33)22-12-10-21(34-2)11-13-22/h4-5,8-13,20H,3,6-7,14-19H2,1-2H3. The molecule has 1 unspecified atom stereocenters. The molecule has 5 rings (SSSR count). The zero-order valence-electron chi connectivity index (χ0n) is 20.4. The predicted molar refractivity (Wildman–Crippen MR) is 137 cm³/mol. The van der Waals surface area contributed by atoms with Gasteiger partial charge in [0.05, 0.1) is 23.6 Å². The summed E-state index contributed by atoms with van der Waals surface area (Å²) in [5.74, 6) is 2.47. The second-order valence-corrected chi connectivity index (χ2v) is 11.2. The Morgan fingerprint density at radius 2 is 1.54 bits per heavy atom. The number of para-hydroxylation sites is 1. The molecule has 9 heteroatoms. The Balaban J connectivity index is 1.33. The fourth-order valence-electron chi connectivity index (χ4n) is 5.00. The number of hydrogen-bond acceptors (Lipinski definition) is 7. The molecule has 2 fully saturated rings. The van der Waals surface area contributed by atoms with Crippen molar-refractivity contribution in [2.75, 3.05) is 51.3 Å². The van der Waals surface area contributed by atoms with E-state index in [2.05, 4.69) is 28.9 Å². The minimum atomic E-state index is -3.54. The van der Waals surface area contributed by atoms with Crippen molar-refractivity contribution in [1.82, 2.24) is 19.2 Å². The Hall–Kier alpha value is -2.75. The summed E-state index contributed by atoms with van der Waals surface area (Å²) >= 11 is 0. The van der Waals surface area contributed by atoms with Crippen LogP contribution in [0.4, 0.5) is 5.82 Å². The molecule has 2 aromatic carbocycles. The third kappa shape index (κ3) is 4.85. The number of piperazine rings is 1. The van der Waals surface area contributed by atoms with Gasteiger partial charge < -0.3 is 9.64 Å². The lowest BCUT2D eigenvalue weighted by Gasteiger charge is -2.37. The summed E-state index contributed by atoms with van der Waals surface area (Å²) in [7, 11) is -1.97. The highest BCUT2D eigenvalue weighted by Crippen LogP contribution is 2.30. The van der Waals surface area contributed by atoms with Gasteiger partial charge in [-0.1, -0.05) is 12.1 Å². The van der Waals surface area contributed by atoms with Gasteiger partial charge in [0, 0.05) is 44.7 Å². The van der Waals surface area contributed by atoms with Gasteiger partial charge in [-0.2, -0.15) is 4.31 Å². The maximum atomic E-state index is 13.1. The zero-order valence-corrected chi connectivity index (χ0v) is 21.2. The van der Waals surface area contributed by atoms with Crippen LogP contribution in [0.5, 0.6) is 5.75 Å². The average Bonchev–Trinajstić information content (AvgIpc) is 2.92. The Morgan fingerprint density at radius 1 is 0.857 bits per heavy atom. The third-order valence-electron chi connectivity index (χ3n) is 7.15. The van der Waals surface area contributed by atoms with E-state index in [1.54, 1.807) is 35.7 Å². The SMILES string of the molecule is COc1ccc(S(=O)(=O)N2CCN(C(C)c3nc(N4CCCCC4)c4ccccc4n3)CC2)cc1. The molecule has 1 aromatic heterocycles. The van der Waals surface area contributed by atoms with Crippen LogP contribution < -0.4 is 9.64 Å². The molecule has 35 heavy (non-hydrogen) atoms. The molecule has 2 aliphatic heterocycles. The minimum Gasteiger partial charge on any atom is -0.497 e. The third-order valence-corrected chi connectivity index (χ3v) is 9.06. The first kappa shape index (κ1) is 24.0. The molecule has 0 aliphatic carbocycles. The lowest BCUT2D eigenvalue weighted by molar-refractivity contribution is 0.141. The van der Waals surface area contributed by atoms with Crippen molar-refractivity contribution in [2.45, 2.75) is 37.1 Å². The second-order valence-electron chi connectivity index (χ2n) is 9.26. The summed E-state index contributed by atoms with van der Waals surface area (Å²) in [5.41, 5.74) is 0.964. The van der Waals surface area contributed by atoms with E-state index in [0.29, 0.717) is 36.8 Å². The number of hydrogen-bond donors (Lipinski definition) is 0.